The van der Waals surface area contributed by atoms with Crippen LogP contribution in [-0.4, -0.2) is 15.0 Å². The number of halogens is 1. The second-order valence-electron chi connectivity index (χ2n) is 7.82. The fourth-order valence-corrected chi connectivity index (χ4v) is 5.00. The molecule has 1 aromatic heterocycles. The minimum atomic E-state index is -0.690. The average molecular weight is 432 g/mol. The minimum Gasteiger partial charge on any atom is -0.211 e. The van der Waals surface area contributed by atoms with E-state index < -0.39 is 5.41 Å². The predicted molar refractivity (Wildman–Crippen MR) is 128 cm³/mol. The zero-order chi connectivity index (χ0) is 21.5. The Morgan fingerprint density at radius 1 is 0.531 bits per heavy atom. The molecule has 0 bridgehead atoms. The van der Waals surface area contributed by atoms with Gasteiger partial charge in [0.1, 0.15) is 5.41 Å². The first-order valence-electron chi connectivity index (χ1n) is 10.5. The second kappa shape index (κ2) is 7.40. The summed E-state index contributed by atoms with van der Waals surface area (Å²) in [6.07, 6.45) is 0. The van der Waals surface area contributed by atoms with E-state index in [1.54, 1.807) is 0 Å². The van der Waals surface area contributed by atoms with Crippen molar-refractivity contribution >= 4 is 11.6 Å². The summed E-state index contributed by atoms with van der Waals surface area (Å²) in [6, 6.07) is 37.3. The molecule has 0 fully saturated rings. The Morgan fingerprint density at radius 3 is 1.69 bits per heavy atom. The fraction of sp³-hybridized carbons (Fsp3) is 0.0357. The van der Waals surface area contributed by atoms with Crippen LogP contribution in [-0.2, 0) is 5.41 Å². The summed E-state index contributed by atoms with van der Waals surface area (Å²) in [4.78, 5) is 14.2. The molecule has 1 heterocycles. The van der Waals surface area contributed by atoms with Gasteiger partial charge in [0, 0.05) is 5.56 Å². The van der Waals surface area contributed by atoms with E-state index in [9.17, 15) is 0 Å². The van der Waals surface area contributed by atoms with Gasteiger partial charge in [0.25, 0.3) is 0 Å². The van der Waals surface area contributed by atoms with Crippen molar-refractivity contribution in [3.8, 4) is 22.5 Å². The Bertz CT molecular complexity index is 1390. The summed E-state index contributed by atoms with van der Waals surface area (Å²) in [7, 11) is 0. The number of benzene rings is 4. The molecule has 4 aromatic carbocycles. The van der Waals surface area contributed by atoms with E-state index in [1.807, 2.05) is 36.4 Å². The summed E-state index contributed by atoms with van der Waals surface area (Å²) in [5.41, 5.74) is 5.97. The highest BCUT2D eigenvalue weighted by Crippen LogP contribution is 2.55. The van der Waals surface area contributed by atoms with Crippen LogP contribution in [0.3, 0.4) is 0 Å². The van der Waals surface area contributed by atoms with Crippen molar-refractivity contribution < 1.29 is 0 Å². The topological polar surface area (TPSA) is 38.7 Å². The van der Waals surface area contributed by atoms with Crippen LogP contribution in [0.15, 0.2) is 109 Å². The van der Waals surface area contributed by atoms with Crippen molar-refractivity contribution in [3.63, 3.8) is 0 Å². The van der Waals surface area contributed by atoms with Gasteiger partial charge in [0.2, 0.25) is 5.28 Å². The maximum absolute atomic E-state index is 6.52. The van der Waals surface area contributed by atoms with E-state index in [4.69, 9.17) is 21.6 Å². The van der Waals surface area contributed by atoms with E-state index in [0.29, 0.717) is 11.6 Å². The zero-order valence-corrected chi connectivity index (χ0v) is 17.9. The molecule has 5 aromatic rings. The van der Waals surface area contributed by atoms with Crippen molar-refractivity contribution in [2.24, 2.45) is 0 Å². The van der Waals surface area contributed by atoms with E-state index in [2.05, 4.69) is 77.8 Å². The second-order valence-corrected chi connectivity index (χ2v) is 8.16. The van der Waals surface area contributed by atoms with Gasteiger partial charge < -0.3 is 0 Å². The largest absolute Gasteiger partial charge is 0.226 e. The summed E-state index contributed by atoms with van der Waals surface area (Å²) in [6.45, 7) is 0. The van der Waals surface area contributed by atoms with Crippen LogP contribution in [0.4, 0.5) is 0 Å². The van der Waals surface area contributed by atoms with E-state index in [-0.39, 0.29) is 5.28 Å². The minimum absolute atomic E-state index is 0.186. The monoisotopic (exact) mass is 431 g/mol. The highest BCUT2D eigenvalue weighted by atomic mass is 35.5. The lowest BCUT2D eigenvalue weighted by Crippen LogP contribution is -2.31. The van der Waals surface area contributed by atoms with Crippen LogP contribution < -0.4 is 0 Å². The molecule has 0 saturated heterocycles. The number of nitrogens with zero attached hydrogens (tertiary/aromatic N) is 3. The molecule has 3 nitrogen and oxygen atoms in total. The van der Waals surface area contributed by atoms with Gasteiger partial charge in [-0.15, -0.1) is 0 Å². The molecule has 4 heteroatoms. The molecule has 152 valence electrons. The Labute approximate surface area is 191 Å². The number of hydrogen-bond donors (Lipinski definition) is 0. The van der Waals surface area contributed by atoms with Gasteiger partial charge in [0.15, 0.2) is 11.6 Å². The normalized spacial score (nSPS) is 13.4. The molecule has 0 amide bonds. The van der Waals surface area contributed by atoms with Gasteiger partial charge in [0.05, 0.1) is 0 Å². The van der Waals surface area contributed by atoms with Gasteiger partial charge in [-0.05, 0) is 39.4 Å². The SMILES string of the molecule is Clc1nc(-c2ccccc2)nc(C2(c3ccccc3)c3ccccc3-c3ccccc32)n1. The van der Waals surface area contributed by atoms with Crippen LogP contribution >= 0.6 is 11.6 Å². The van der Waals surface area contributed by atoms with Gasteiger partial charge in [-0.25, -0.2) is 9.97 Å². The number of fused-ring (bicyclic) bond motifs is 3. The average Bonchev–Trinajstić information content (AvgIpc) is 3.16. The summed E-state index contributed by atoms with van der Waals surface area (Å²) in [5.74, 6) is 1.19. The molecule has 0 spiro atoms. The van der Waals surface area contributed by atoms with Crippen molar-refractivity contribution in [2.45, 2.75) is 5.41 Å². The lowest BCUT2D eigenvalue weighted by Gasteiger charge is -2.31. The van der Waals surface area contributed by atoms with Crippen molar-refractivity contribution in [1.29, 1.82) is 0 Å². The highest BCUT2D eigenvalue weighted by molar-refractivity contribution is 6.28. The molecular weight excluding hydrogens is 414 g/mol. The number of rotatable bonds is 3. The van der Waals surface area contributed by atoms with Crippen LogP contribution in [0.1, 0.15) is 22.5 Å². The maximum Gasteiger partial charge on any atom is 0.226 e. The molecule has 0 unspecified atom stereocenters. The third kappa shape index (κ3) is 2.72. The van der Waals surface area contributed by atoms with Crippen molar-refractivity contribution in [2.75, 3.05) is 0 Å². The first kappa shape index (κ1) is 18.9. The Hall–Kier alpha value is -3.82. The highest BCUT2D eigenvalue weighted by Gasteiger charge is 2.48. The molecular formula is C28H18ClN3. The number of aromatic nitrogens is 3. The number of hydrogen-bond acceptors (Lipinski definition) is 3. The zero-order valence-electron chi connectivity index (χ0n) is 17.1. The van der Waals surface area contributed by atoms with Gasteiger partial charge >= 0.3 is 0 Å². The smallest absolute Gasteiger partial charge is 0.211 e. The van der Waals surface area contributed by atoms with Gasteiger partial charge in [-0.3, -0.25) is 0 Å². The molecule has 0 radical (unpaired) electrons. The van der Waals surface area contributed by atoms with Crippen LogP contribution in [0.2, 0.25) is 5.28 Å². The Kier molecular flexibility index (Phi) is 4.37. The summed E-state index contributed by atoms with van der Waals surface area (Å²) >= 11 is 6.52. The first-order valence-corrected chi connectivity index (χ1v) is 10.9. The molecule has 0 aliphatic heterocycles. The van der Waals surface area contributed by atoms with E-state index in [0.717, 1.165) is 22.3 Å². The lowest BCUT2D eigenvalue weighted by atomic mass is 9.71. The molecule has 0 N–H and O–H groups in total. The van der Waals surface area contributed by atoms with Crippen LogP contribution in [0.5, 0.6) is 0 Å². The van der Waals surface area contributed by atoms with Crippen molar-refractivity contribution in [3.05, 3.63) is 137 Å². The maximum atomic E-state index is 6.52. The molecule has 32 heavy (non-hydrogen) atoms. The van der Waals surface area contributed by atoms with Crippen molar-refractivity contribution in [1.82, 2.24) is 15.0 Å². The van der Waals surface area contributed by atoms with E-state index >= 15 is 0 Å². The van der Waals surface area contributed by atoms with Crippen LogP contribution in [0.25, 0.3) is 22.5 Å². The quantitative estimate of drug-likeness (QED) is 0.318. The summed E-state index contributed by atoms with van der Waals surface area (Å²) in [5, 5.41) is 0.186. The standard InChI is InChI=1S/C28H18ClN3/c29-27-31-25(19-11-3-1-4-12-19)30-26(32-27)28(20-13-5-2-6-14-20)23-17-9-7-15-21(23)22-16-8-10-18-24(22)28/h1-18H. The molecule has 1 aliphatic carbocycles. The third-order valence-electron chi connectivity index (χ3n) is 6.13. The molecule has 6 rings (SSSR count). The molecule has 0 atom stereocenters. The first-order chi connectivity index (χ1) is 15.8. The fourth-order valence-electron chi connectivity index (χ4n) is 4.84. The lowest BCUT2D eigenvalue weighted by molar-refractivity contribution is 0.690. The summed E-state index contributed by atoms with van der Waals surface area (Å²) < 4.78 is 0. The van der Waals surface area contributed by atoms with E-state index in [1.165, 1.54) is 11.1 Å². The van der Waals surface area contributed by atoms with Gasteiger partial charge in [-0.1, -0.05) is 109 Å². The Morgan fingerprint density at radius 2 is 1.06 bits per heavy atom. The van der Waals surface area contributed by atoms with Gasteiger partial charge in [-0.2, -0.15) is 4.98 Å². The Balaban J connectivity index is 1.74. The van der Waals surface area contributed by atoms with Crippen LogP contribution in [0, 0.1) is 0 Å². The third-order valence-corrected chi connectivity index (χ3v) is 6.30. The molecule has 1 aliphatic rings. The predicted octanol–water partition coefficient (Wildman–Crippen LogP) is 6.56. The molecule has 0 saturated carbocycles.